The number of amides is 3. The SMILES string of the molecule is CCOc1ccc(S(=O)(=O)N2CCN(CN3C(=O)N[C@]4(CCCc5ccccc54)C3=O)CC2)cc1. The monoisotopic (exact) mass is 498 g/mol. The minimum absolute atomic E-state index is 0.144. The molecule has 0 saturated carbocycles. The number of imide groups is 1. The number of nitrogens with one attached hydrogen (secondary N) is 1. The molecule has 2 heterocycles. The molecular weight excluding hydrogens is 468 g/mol. The summed E-state index contributed by atoms with van der Waals surface area (Å²) in [7, 11) is -3.63. The van der Waals surface area contributed by atoms with Crippen LogP contribution < -0.4 is 10.1 Å². The maximum absolute atomic E-state index is 13.5. The average molecular weight is 499 g/mol. The van der Waals surface area contributed by atoms with E-state index in [9.17, 15) is 18.0 Å². The van der Waals surface area contributed by atoms with E-state index in [1.807, 2.05) is 36.1 Å². The maximum Gasteiger partial charge on any atom is 0.326 e. The number of sulfonamides is 1. The lowest BCUT2D eigenvalue weighted by atomic mass is 9.76. The number of piperazine rings is 1. The topological polar surface area (TPSA) is 99.3 Å². The lowest BCUT2D eigenvalue weighted by Gasteiger charge is -2.36. The van der Waals surface area contributed by atoms with Gasteiger partial charge in [-0.05, 0) is 61.6 Å². The van der Waals surface area contributed by atoms with Gasteiger partial charge in [-0.15, -0.1) is 0 Å². The van der Waals surface area contributed by atoms with Crippen molar-refractivity contribution in [2.24, 2.45) is 0 Å². The Hall–Kier alpha value is -2.95. The second kappa shape index (κ2) is 9.25. The normalized spacial score (nSPS) is 23.4. The van der Waals surface area contributed by atoms with Gasteiger partial charge in [0, 0.05) is 26.2 Å². The Kier molecular flexibility index (Phi) is 6.29. The number of nitrogens with zero attached hydrogens (tertiary/aromatic N) is 3. The average Bonchev–Trinajstić information content (AvgIpc) is 3.10. The van der Waals surface area contributed by atoms with Crippen LogP contribution in [0.25, 0.3) is 0 Å². The summed E-state index contributed by atoms with van der Waals surface area (Å²) in [6, 6.07) is 13.8. The summed E-state index contributed by atoms with van der Waals surface area (Å²) in [5.41, 5.74) is 0.991. The van der Waals surface area contributed by atoms with E-state index in [0.29, 0.717) is 31.9 Å². The number of fused-ring (bicyclic) bond motifs is 2. The molecular formula is C25H30N4O5S. The van der Waals surface area contributed by atoms with E-state index in [4.69, 9.17) is 4.74 Å². The number of ether oxygens (including phenoxy) is 1. The molecule has 0 aromatic heterocycles. The minimum Gasteiger partial charge on any atom is -0.494 e. The highest BCUT2D eigenvalue weighted by molar-refractivity contribution is 7.89. The molecule has 1 aliphatic carbocycles. The van der Waals surface area contributed by atoms with Gasteiger partial charge in [-0.25, -0.2) is 18.1 Å². The van der Waals surface area contributed by atoms with Crippen molar-refractivity contribution in [3.63, 3.8) is 0 Å². The van der Waals surface area contributed by atoms with Gasteiger partial charge in [0.1, 0.15) is 11.3 Å². The first-order chi connectivity index (χ1) is 16.8. The number of hydrogen-bond donors (Lipinski definition) is 1. The van der Waals surface area contributed by atoms with E-state index in [1.165, 1.54) is 9.21 Å². The number of benzene rings is 2. The molecule has 1 spiro atoms. The molecule has 0 bridgehead atoms. The molecule has 2 saturated heterocycles. The molecule has 35 heavy (non-hydrogen) atoms. The molecule has 2 fully saturated rings. The fraction of sp³-hybridized carbons (Fsp3) is 0.440. The van der Waals surface area contributed by atoms with Crippen LogP contribution in [-0.2, 0) is 26.8 Å². The first-order valence-electron chi connectivity index (χ1n) is 12.0. The zero-order chi connectivity index (χ0) is 24.6. The Balaban J connectivity index is 1.24. The summed E-state index contributed by atoms with van der Waals surface area (Å²) in [5, 5.41) is 2.98. The van der Waals surface area contributed by atoms with E-state index < -0.39 is 21.6 Å². The Bertz CT molecular complexity index is 1220. The summed E-state index contributed by atoms with van der Waals surface area (Å²) in [5.74, 6) is 0.405. The van der Waals surface area contributed by atoms with Crippen LogP contribution in [0.4, 0.5) is 4.79 Å². The van der Waals surface area contributed by atoms with Crippen molar-refractivity contribution in [1.82, 2.24) is 19.4 Å². The van der Waals surface area contributed by atoms with Gasteiger partial charge < -0.3 is 10.1 Å². The first-order valence-corrected chi connectivity index (χ1v) is 13.5. The predicted molar refractivity (Wildman–Crippen MR) is 129 cm³/mol. The maximum atomic E-state index is 13.5. The lowest BCUT2D eigenvalue weighted by molar-refractivity contribution is -0.133. The third-order valence-corrected chi connectivity index (χ3v) is 9.01. The van der Waals surface area contributed by atoms with Crippen molar-refractivity contribution in [3.8, 4) is 5.75 Å². The molecule has 3 amide bonds. The fourth-order valence-corrected chi connectivity index (χ4v) is 6.70. The molecule has 3 aliphatic rings. The smallest absolute Gasteiger partial charge is 0.326 e. The third kappa shape index (κ3) is 4.19. The Morgan fingerprint density at radius 3 is 2.43 bits per heavy atom. The summed E-state index contributed by atoms with van der Waals surface area (Å²) in [6.07, 6.45) is 2.31. The number of carbonyl (C=O) groups is 2. The van der Waals surface area contributed by atoms with E-state index in [2.05, 4.69) is 5.32 Å². The molecule has 2 aliphatic heterocycles. The van der Waals surface area contributed by atoms with Crippen LogP contribution in [0.3, 0.4) is 0 Å². The van der Waals surface area contributed by atoms with Crippen LogP contribution in [0.2, 0.25) is 0 Å². The van der Waals surface area contributed by atoms with Gasteiger partial charge in [0.2, 0.25) is 10.0 Å². The Labute approximate surface area is 205 Å². The van der Waals surface area contributed by atoms with Gasteiger partial charge in [0.25, 0.3) is 5.91 Å². The van der Waals surface area contributed by atoms with E-state index >= 15 is 0 Å². The van der Waals surface area contributed by atoms with Crippen LogP contribution in [0.1, 0.15) is 30.9 Å². The van der Waals surface area contributed by atoms with Crippen molar-refractivity contribution in [2.75, 3.05) is 39.5 Å². The summed E-state index contributed by atoms with van der Waals surface area (Å²) >= 11 is 0. The van der Waals surface area contributed by atoms with Crippen molar-refractivity contribution in [2.45, 2.75) is 36.6 Å². The first kappa shape index (κ1) is 23.8. The quantitative estimate of drug-likeness (QED) is 0.613. The van der Waals surface area contributed by atoms with Crippen LogP contribution in [0.5, 0.6) is 5.75 Å². The number of hydrogen-bond acceptors (Lipinski definition) is 6. The summed E-state index contributed by atoms with van der Waals surface area (Å²) in [6.45, 7) is 3.95. The van der Waals surface area contributed by atoms with Gasteiger partial charge >= 0.3 is 6.03 Å². The third-order valence-electron chi connectivity index (χ3n) is 7.10. The van der Waals surface area contributed by atoms with Gasteiger partial charge in [0.05, 0.1) is 18.2 Å². The molecule has 5 rings (SSSR count). The summed E-state index contributed by atoms with van der Waals surface area (Å²) in [4.78, 5) is 29.8. The predicted octanol–water partition coefficient (Wildman–Crippen LogP) is 2.13. The van der Waals surface area contributed by atoms with E-state index in [0.717, 1.165) is 24.0 Å². The van der Waals surface area contributed by atoms with E-state index in [1.54, 1.807) is 24.3 Å². The molecule has 0 unspecified atom stereocenters. The van der Waals surface area contributed by atoms with E-state index in [-0.39, 0.29) is 30.6 Å². The molecule has 0 radical (unpaired) electrons. The van der Waals surface area contributed by atoms with Crippen molar-refractivity contribution in [3.05, 3.63) is 59.7 Å². The Morgan fingerprint density at radius 2 is 1.71 bits per heavy atom. The van der Waals surface area contributed by atoms with Gasteiger partial charge in [-0.3, -0.25) is 9.69 Å². The highest BCUT2D eigenvalue weighted by Crippen LogP contribution is 2.40. The van der Waals surface area contributed by atoms with Crippen LogP contribution in [-0.4, -0.2) is 73.9 Å². The minimum atomic E-state index is -3.63. The second-order valence-electron chi connectivity index (χ2n) is 9.15. The van der Waals surface area contributed by atoms with Crippen LogP contribution in [0.15, 0.2) is 53.4 Å². The van der Waals surface area contributed by atoms with Gasteiger partial charge in [-0.1, -0.05) is 24.3 Å². The zero-order valence-electron chi connectivity index (χ0n) is 19.8. The van der Waals surface area contributed by atoms with Crippen molar-refractivity contribution < 1.29 is 22.7 Å². The van der Waals surface area contributed by atoms with Crippen molar-refractivity contribution >= 4 is 22.0 Å². The molecule has 10 heteroatoms. The number of urea groups is 1. The highest BCUT2D eigenvalue weighted by Gasteiger charge is 2.54. The molecule has 1 N–H and O–H groups in total. The molecule has 2 aromatic carbocycles. The Morgan fingerprint density at radius 1 is 1.00 bits per heavy atom. The highest BCUT2D eigenvalue weighted by atomic mass is 32.2. The standard InChI is InChI=1S/C25H30N4O5S/c1-2-34-20-9-11-21(12-10-20)35(32,33)28-16-14-27(15-17-28)18-29-23(30)25(26-24(29)31)13-5-7-19-6-3-4-8-22(19)25/h3-4,6,8-12H,2,5,7,13-18H2,1H3,(H,26,31)/t25-/m0/s1. The van der Waals surface area contributed by atoms with Gasteiger partial charge in [0.15, 0.2) is 0 Å². The van der Waals surface area contributed by atoms with Crippen LogP contribution in [0, 0.1) is 0 Å². The largest absolute Gasteiger partial charge is 0.494 e. The number of rotatable bonds is 6. The molecule has 2 aromatic rings. The van der Waals surface area contributed by atoms with Crippen LogP contribution >= 0.6 is 0 Å². The summed E-state index contributed by atoms with van der Waals surface area (Å²) < 4.78 is 33.0. The molecule has 1 atom stereocenters. The number of carbonyl (C=O) groups excluding carboxylic acids is 2. The van der Waals surface area contributed by atoms with Crippen molar-refractivity contribution in [1.29, 1.82) is 0 Å². The molecule has 186 valence electrons. The number of aryl methyl sites for hydroxylation is 1. The lowest BCUT2D eigenvalue weighted by Crippen LogP contribution is -2.53. The fourth-order valence-electron chi connectivity index (χ4n) is 5.27. The zero-order valence-corrected chi connectivity index (χ0v) is 20.6. The molecule has 9 nitrogen and oxygen atoms in total. The second-order valence-corrected chi connectivity index (χ2v) is 11.1. The van der Waals surface area contributed by atoms with Gasteiger partial charge in [-0.2, -0.15) is 4.31 Å².